The number of hydrogen-bond acceptors (Lipinski definition) is 9. The lowest BCUT2D eigenvalue weighted by Gasteiger charge is -2.38. The topological polar surface area (TPSA) is 130 Å². The third kappa shape index (κ3) is 4.96. The fraction of sp³-hybridized carbons (Fsp3) is 0.269. The third-order valence-corrected chi connectivity index (χ3v) is 8.91. The second-order valence-corrected chi connectivity index (χ2v) is 11.8. The van der Waals surface area contributed by atoms with E-state index in [2.05, 4.69) is 63.7 Å². The van der Waals surface area contributed by atoms with Crippen molar-refractivity contribution in [2.24, 2.45) is 5.73 Å². The van der Waals surface area contributed by atoms with Gasteiger partial charge in [0.2, 0.25) is 0 Å². The summed E-state index contributed by atoms with van der Waals surface area (Å²) in [5.41, 5.74) is 5.69. The number of ether oxygens (including phenoxy) is 5. The molecule has 39 heavy (non-hydrogen) atoms. The fourth-order valence-corrected chi connectivity index (χ4v) is 6.91. The fourth-order valence-electron chi connectivity index (χ4n) is 4.51. The summed E-state index contributed by atoms with van der Waals surface area (Å²) in [5.74, 6) is 0.208. The summed E-state index contributed by atoms with van der Waals surface area (Å²) < 4.78 is 30.4. The summed E-state index contributed by atoms with van der Waals surface area (Å²) in [4.78, 5) is 13.3. The van der Waals surface area contributed by atoms with Crippen LogP contribution in [0.4, 0.5) is 0 Å². The number of nitrogens with two attached hydrogens (primary N) is 1. The number of esters is 1. The van der Waals surface area contributed by atoms with Crippen LogP contribution < -0.4 is 15.2 Å². The highest BCUT2D eigenvalue weighted by molar-refractivity contribution is 9.11. The number of carbonyl (C=O) groups is 1. The molecule has 13 heteroatoms. The molecule has 3 aromatic rings. The molecule has 1 spiro atoms. The predicted molar refractivity (Wildman–Crippen MR) is 155 cm³/mol. The van der Waals surface area contributed by atoms with Crippen molar-refractivity contribution in [1.29, 1.82) is 0 Å². The van der Waals surface area contributed by atoms with Crippen LogP contribution in [0.25, 0.3) is 0 Å². The second-order valence-electron chi connectivity index (χ2n) is 8.54. The molecule has 0 fully saturated rings. The molecule has 0 atom stereocenters. The van der Waals surface area contributed by atoms with E-state index >= 15 is 0 Å². The normalized spacial score (nSPS) is 14.4. The number of fused-ring (bicyclic) bond motifs is 6. The van der Waals surface area contributed by atoms with Crippen LogP contribution in [0.15, 0.2) is 48.2 Å². The summed E-state index contributed by atoms with van der Waals surface area (Å²) in [7, 11) is 0. The maximum atomic E-state index is 13.3. The average Bonchev–Trinajstić information content (AvgIpc) is 3.21. The Morgan fingerprint density at radius 2 is 1.36 bits per heavy atom. The molecule has 5 rings (SSSR count). The van der Waals surface area contributed by atoms with E-state index < -0.39 is 11.6 Å². The molecule has 4 N–H and O–H groups in total. The lowest BCUT2D eigenvalue weighted by atomic mass is 9.77. The molecule has 0 aromatic heterocycles. The molecule has 2 aliphatic heterocycles. The quantitative estimate of drug-likeness (QED) is 0.174. The lowest BCUT2D eigenvalue weighted by molar-refractivity contribution is 0.0222. The van der Waals surface area contributed by atoms with Gasteiger partial charge in [0, 0.05) is 12.1 Å². The first-order chi connectivity index (χ1) is 18.7. The molecule has 0 unspecified atom stereocenters. The van der Waals surface area contributed by atoms with Crippen LogP contribution in [0.3, 0.4) is 0 Å². The van der Waals surface area contributed by atoms with Crippen molar-refractivity contribution in [2.75, 3.05) is 39.6 Å². The van der Waals surface area contributed by atoms with Gasteiger partial charge in [0.15, 0.2) is 17.1 Å². The zero-order chi connectivity index (χ0) is 27.9. The van der Waals surface area contributed by atoms with E-state index in [1.807, 2.05) is 0 Å². The first-order valence-corrected chi connectivity index (χ1v) is 14.8. The molecule has 2 heterocycles. The van der Waals surface area contributed by atoms with Gasteiger partial charge < -0.3 is 39.6 Å². The van der Waals surface area contributed by atoms with Gasteiger partial charge in [-0.25, -0.2) is 4.79 Å². The highest BCUT2D eigenvalue weighted by Gasteiger charge is 2.55. The highest BCUT2D eigenvalue weighted by Crippen LogP contribution is 2.62. The number of rotatable bonds is 9. The molecule has 0 amide bonds. The minimum Gasteiger partial charge on any atom is -0.505 e. The Kier molecular flexibility index (Phi) is 8.49. The Morgan fingerprint density at radius 3 is 1.95 bits per heavy atom. The standard InChI is InChI=1S/C26H21Br4NO8/c27-17-10-15-23(19(29)21(17)32)38-24-16(11-18(28)22(33)20(24)30)26(15)14-9-12(1-2-13(14)25(34)39-26)37-8-7-36-6-5-35-4-3-31/h1-2,9-11,32-33H,3-8,31H2. The Hall–Kier alpha value is -1.87. The maximum absolute atomic E-state index is 13.3. The molecular formula is C26H21Br4NO8. The van der Waals surface area contributed by atoms with Gasteiger partial charge in [0.25, 0.3) is 0 Å². The largest absolute Gasteiger partial charge is 0.505 e. The van der Waals surface area contributed by atoms with Gasteiger partial charge in [0.05, 0.1) is 52.1 Å². The van der Waals surface area contributed by atoms with Crippen LogP contribution in [0, 0.1) is 0 Å². The van der Waals surface area contributed by atoms with Gasteiger partial charge in [-0.05, 0) is 94.1 Å². The van der Waals surface area contributed by atoms with E-state index in [4.69, 9.17) is 29.4 Å². The second kappa shape index (κ2) is 11.6. The van der Waals surface area contributed by atoms with Crippen LogP contribution in [0.5, 0.6) is 28.7 Å². The van der Waals surface area contributed by atoms with Gasteiger partial charge >= 0.3 is 5.97 Å². The summed E-state index contributed by atoms with van der Waals surface area (Å²) >= 11 is 13.6. The van der Waals surface area contributed by atoms with Crippen molar-refractivity contribution in [1.82, 2.24) is 0 Å². The highest BCUT2D eigenvalue weighted by atomic mass is 79.9. The smallest absolute Gasteiger partial charge is 0.340 e. The Morgan fingerprint density at radius 1 is 0.795 bits per heavy atom. The van der Waals surface area contributed by atoms with Crippen LogP contribution in [0.1, 0.15) is 27.0 Å². The van der Waals surface area contributed by atoms with E-state index in [1.165, 1.54) is 0 Å². The summed E-state index contributed by atoms with van der Waals surface area (Å²) in [6.07, 6.45) is 0. The molecule has 206 valence electrons. The van der Waals surface area contributed by atoms with Crippen molar-refractivity contribution in [2.45, 2.75) is 5.60 Å². The number of phenolic OH excluding ortho intramolecular Hbond substituents is 2. The number of carbonyl (C=O) groups excluding carboxylic acids is 1. The van der Waals surface area contributed by atoms with Crippen molar-refractivity contribution >= 4 is 69.7 Å². The summed E-state index contributed by atoms with van der Waals surface area (Å²) in [6.45, 7) is 2.40. The van der Waals surface area contributed by atoms with Gasteiger partial charge in [-0.15, -0.1) is 0 Å². The maximum Gasteiger partial charge on any atom is 0.340 e. The molecule has 0 saturated carbocycles. The third-order valence-electron chi connectivity index (χ3n) is 6.23. The SMILES string of the molecule is NCCOCCOCCOc1ccc2c(c1)C1(OC2=O)c2cc(Br)c(O)c(Br)c2Oc2c1cc(Br)c(O)c2Br. The minimum atomic E-state index is -1.48. The van der Waals surface area contributed by atoms with Crippen molar-refractivity contribution in [3.05, 3.63) is 70.5 Å². The Bertz CT molecular complexity index is 1400. The van der Waals surface area contributed by atoms with Crippen LogP contribution in [0.2, 0.25) is 0 Å². The zero-order valence-electron chi connectivity index (χ0n) is 20.1. The zero-order valence-corrected chi connectivity index (χ0v) is 26.4. The molecule has 3 aromatic carbocycles. The molecule has 0 bridgehead atoms. The van der Waals surface area contributed by atoms with Crippen molar-refractivity contribution in [3.8, 4) is 28.7 Å². The number of halogens is 4. The van der Waals surface area contributed by atoms with E-state index in [0.717, 1.165) is 0 Å². The van der Waals surface area contributed by atoms with Gasteiger partial charge in [-0.1, -0.05) is 0 Å². The molecule has 0 aliphatic carbocycles. The lowest BCUT2D eigenvalue weighted by Crippen LogP contribution is -2.33. The van der Waals surface area contributed by atoms with Gasteiger partial charge in [-0.3, -0.25) is 0 Å². The van der Waals surface area contributed by atoms with Crippen LogP contribution in [-0.2, 0) is 19.8 Å². The van der Waals surface area contributed by atoms with E-state index in [-0.39, 0.29) is 38.6 Å². The Balaban J connectivity index is 1.57. The first-order valence-electron chi connectivity index (χ1n) is 11.7. The molecule has 0 radical (unpaired) electrons. The minimum absolute atomic E-state index is 0.0973. The van der Waals surface area contributed by atoms with Crippen molar-refractivity contribution in [3.63, 3.8) is 0 Å². The molecule has 2 aliphatic rings. The summed E-state index contributed by atoms with van der Waals surface area (Å²) in [6, 6.07) is 8.36. The number of benzene rings is 3. The number of aromatic hydroxyl groups is 2. The number of hydrogen-bond donors (Lipinski definition) is 3. The molecule has 9 nitrogen and oxygen atoms in total. The van der Waals surface area contributed by atoms with E-state index in [9.17, 15) is 15.0 Å². The predicted octanol–water partition coefficient (Wildman–Crippen LogP) is 6.09. The molecular weight excluding hydrogens is 774 g/mol. The van der Waals surface area contributed by atoms with E-state index in [1.54, 1.807) is 30.3 Å². The average molecular weight is 795 g/mol. The van der Waals surface area contributed by atoms with Crippen LogP contribution in [-0.4, -0.2) is 55.8 Å². The Labute approximate surface area is 257 Å². The summed E-state index contributed by atoms with van der Waals surface area (Å²) in [5, 5.41) is 21.2. The monoisotopic (exact) mass is 791 g/mol. The first kappa shape index (κ1) is 28.7. The van der Waals surface area contributed by atoms with Gasteiger partial charge in [-0.2, -0.15) is 0 Å². The molecule has 0 saturated heterocycles. The van der Waals surface area contributed by atoms with Gasteiger partial charge in [0.1, 0.15) is 32.8 Å². The number of phenols is 2. The van der Waals surface area contributed by atoms with E-state index in [0.29, 0.717) is 69.9 Å². The van der Waals surface area contributed by atoms with Crippen molar-refractivity contribution < 1.29 is 38.7 Å². The van der Waals surface area contributed by atoms with Crippen LogP contribution >= 0.6 is 63.7 Å².